The second-order valence-corrected chi connectivity index (χ2v) is 8.32. The van der Waals surface area contributed by atoms with Crippen molar-refractivity contribution in [1.82, 2.24) is 4.72 Å². The van der Waals surface area contributed by atoms with E-state index in [-0.39, 0.29) is 28.0 Å². The maximum atomic E-state index is 13.1. The van der Waals surface area contributed by atoms with E-state index in [1.54, 1.807) is 24.3 Å². The average Bonchev–Trinajstić information content (AvgIpc) is 3.26. The van der Waals surface area contributed by atoms with Crippen LogP contribution in [0.1, 0.15) is 20.3 Å². The van der Waals surface area contributed by atoms with E-state index in [9.17, 15) is 17.6 Å². The van der Waals surface area contributed by atoms with E-state index in [4.69, 9.17) is 16.0 Å². The van der Waals surface area contributed by atoms with E-state index in [0.29, 0.717) is 9.75 Å². The number of hydrogen-bond acceptors (Lipinski definition) is 5. The number of rotatable bonds is 6. The molecule has 0 saturated carbocycles. The lowest BCUT2D eigenvalue weighted by atomic mass is 10.2. The number of hydrogen-bond donors (Lipinski definition) is 1. The van der Waals surface area contributed by atoms with E-state index in [1.807, 2.05) is 0 Å². The van der Waals surface area contributed by atoms with Crippen LogP contribution >= 0.6 is 22.9 Å². The Labute approximate surface area is 152 Å². The first-order chi connectivity index (χ1) is 11.9. The number of sulfonamides is 1. The predicted molar refractivity (Wildman–Crippen MR) is 91.9 cm³/mol. The molecule has 0 aliphatic carbocycles. The van der Waals surface area contributed by atoms with Crippen LogP contribution in [0.15, 0.2) is 58.0 Å². The minimum atomic E-state index is -3.85. The Morgan fingerprint density at radius 2 is 2.04 bits per heavy atom. The molecule has 0 aliphatic heterocycles. The first-order valence-corrected chi connectivity index (χ1v) is 9.66. The van der Waals surface area contributed by atoms with Crippen molar-refractivity contribution < 1.29 is 22.0 Å². The minimum absolute atomic E-state index is 0.00652. The number of benzene rings is 1. The number of carbonyl (C=O) groups is 1. The molecule has 9 heteroatoms. The molecule has 0 atom stereocenters. The van der Waals surface area contributed by atoms with E-state index in [1.165, 1.54) is 6.26 Å². The lowest BCUT2D eigenvalue weighted by Gasteiger charge is -2.06. The van der Waals surface area contributed by atoms with Gasteiger partial charge in [-0.15, -0.1) is 11.3 Å². The third kappa shape index (κ3) is 3.98. The van der Waals surface area contributed by atoms with Gasteiger partial charge in [0, 0.05) is 11.4 Å². The zero-order valence-corrected chi connectivity index (χ0v) is 14.9. The molecule has 0 amide bonds. The number of thiophene rings is 1. The molecule has 0 fully saturated rings. The Hall–Kier alpha value is -2.00. The minimum Gasteiger partial charge on any atom is -0.461 e. The lowest BCUT2D eigenvalue weighted by molar-refractivity contribution is 0.101. The molecule has 0 unspecified atom stereocenters. The van der Waals surface area contributed by atoms with E-state index < -0.39 is 15.8 Å². The highest BCUT2D eigenvalue weighted by atomic mass is 35.5. The number of carbonyl (C=O) groups excluding carboxylic acids is 1. The molecule has 0 bridgehead atoms. The average molecular weight is 400 g/mol. The van der Waals surface area contributed by atoms with Crippen LogP contribution in [-0.2, 0) is 16.6 Å². The summed E-state index contributed by atoms with van der Waals surface area (Å²) < 4.78 is 45.0. The molecule has 3 rings (SSSR count). The van der Waals surface area contributed by atoms with Crippen LogP contribution in [0.5, 0.6) is 0 Å². The fourth-order valence-corrected chi connectivity index (χ4v) is 4.28. The first kappa shape index (κ1) is 17.8. The summed E-state index contributed by atoms with van der Waals surface area (Å²) in [6.45, 7) is -0.00652. The van der Waals surface area contributed by atoms with Crippen molar-refractivity contribution in [2.75, 3.05) is 0 Å². The molecule has 1 aromatic carbocycles. The summed E-state index contributed by atoms with van der Waals surface area (Å²) in [5.41, 5.74) is 0. The van der Waals surface area contributed by atoms with Crippen molar-refractivity contribution in [2.45, 2.75) is 11.4 Å². The normalized spacial score (nSPS) is 11.6. The smallest absolute Gasteiger partial charge is 0.240 e. The molecule has 0 aliphatic rings. The molecule has 0 spiro atoms. The Morgan fingerprint density at radius 3 is 2.72 bits per heavy atom. The predicted octanol–water partition coefficient (Wildman–Crippen LogP) is 3.84. The van der Waals surface area contributed by atoms with Gasteiger partial charge in [0.15, 0.2) is 5.76 Å². The van der Waals surface area contributed by atoms with Crippen LogP contribution in [0.3, 0.4) is 0 Å². The highest BCUT2D eigenvalue weighted by Crippen LogP contribution is 2.22. The summed E-state index contributed by atoms with van der Waals surface area (Å²) in [6.07, 6.45) is 1.41. The molecule has 5 nitrogen and oxygen atoms in total. The fraction of sp³-hybridized carbons (Fsp3) is 0.0625. The van der Waals surface area contributed by atoms with Crippen LogP contribution in [0.25, 0.3) is 0 Å². The summed E-state index contributed by atoms with van der Waals surface area (Å²) in [7, 11) is -3.85. The number of ketones is 1. The van der Waals surface area contributed by atoms with Crippen LogP contribution < -0.4 is 4.72 Å². The van der Waals surface area contributed by atoms with Gasteiger partial charge in [0.2, 0.25) is 15.8 Å². The van der Waals surface area contributed by atoms with Gasteiger partial charge in [-0.25, -0.2) is 17.5 Å². The van der Waals surface area contributed by atoms with Gasteiger partial charge in [0.05, 0.1) is 21.1 Å². The van der Waals surface area contributed by atoms with Gasteiger partial charge in [-0.05, 0) is 42.5 Å². The van der Waals surface area contributed by atoms with E-state index in [2.05, 4.69) is 4.72 Å². The molecule has 2 aromatic heterocycles. The van der Waals surface area contributed by atoms with Gasteiger partial charge in [0.1, 0.15) is 5.82 Å². The topological polar surface area (TPSA) is 76.4 Å². The molecule has 2 heterocycles. The Morgan fingerprint density at radius 1 is 1.24 bits per heavy atom. The van der Waals surface area contributed by atoms with E-state index in [0.717, 1.165) is 29.5 Å². The summed E-state index contributed by atoms with van der Waals surface area (Å²) >= 11 is 6.77. The monoisotopic (exact) mass is 399 g/mol. The van der Waals surface area contributed by atoms with Crippen molar-refractivity contribution in [3.8, 4) is 0 Å². The van der Waals surface area contributed by atoms with Crippen LogP contribution in [-0.4, -0.2) is 14.2 Å². The van der Waals surface area contributed by atoms with Gasteiger partial charge in [-0.3, -0.25) is 4.79 Å². The van der Waals surface area contributed by atoms with Crippen LogP contribution in [0.4, 0.5) is 4.39 Å². The number of furan rings is 1. The van der Waals surface area contributed by atoms with Crippen molar-refractivity contribution >= 4 is 38.7 Å². The summed E-state index contributed by atoms with van der Waals surface area (Å²) in [6, 6.07) is 9.59. The first-order valence-electron chi connectivity index (χ1n) is 6.98. The van der Waals surface area contributed by atoms with Crippen LogP contribution in [0.2, 0.25) is 5.02 Å². The van der Waals surface area contributed by atoms with Crippen molar-refractivity contribution in [1.29, 1.82) is 0 Å². The molecule has 0 saturated heterocycles. The van der Waals surface area contributed by atoms with Gasteiger partial charge in [-0.1, -0.05) is 11.6 Å². The molecule has 1 N–H and O–H groups in total. The van der Waals surface area contributed by atoms with Crippen molar-refractivity contribution in [3.05, 3.63) is 75.1 Å². The van der Waals surface area contributed by atoms with E-state index >= 15 is 0 Å². The SMILES string of the molecule is O=C(c1ccco1)c1ccc(CNS(=O)(=O)c2ccc(F)c(Cl)c2)s1. The fourth-order valence-electron chi connectivity index (χ4n) is 2.02. The molecule has 0 radical (unpaired) electrons. The zero-order chi connectivity index (χ0) is 18.0. The third-order valence-electron chi connectivity index (χ3n) is 3.27. The summed E-state index contributed by atoms with van der Waals surface area (Å²) in [4.78, 5) is 13.1. The van der Waals surface area contributed by atoms with Gasteiger partial charge >= 0.3 is 0 Å². The summed E-state index contributed by atoms with van der Waals surface area (Å²) in [5.74, 6) is -0.746. The maximum Gasteiger partial charge on any atom is 0.240 e. The summed E-state index contributed by atoms with van der Waals surface area (Å²) in [5, 5.41) is -0.273. The van der Waals surface area contributed by atoms with Crippen molar-refractivity contribution in [3.63, 3.8) is 0 Å². The highest BCUT2D eigenvalue weighted by Gasteiger charge is 2.18. The Balaban J connectivity index is 1.71. The third-order valence-corrected chi connectivity index (χ3v) is 6.04. The second-order valence-electron chi connectivity index (χ2n) is 4.97. The van der Waals surface area contributed by atoms with Gasteiger partial charge in [-0.2, -0.15) is 0 Å². The quantitative estimate of drug-likeness (QED) is 0.639. The second kappa shape index (κ2) is 7.09. The zero-order valence-electron chi connectivity index (χ0n) is 12.5. The molecule has 25 heavy (non-hydrogen) atoms. The molecule has 130 valence electrons. The molecular weight excluding hydrogens is 389 g/mol. The Kier molecular flexibility index (Phi) is 5.05. The Bertz CT molecular complexity index is 1010. The largest absolute Gasteiger partial charge is 0.461 e. The van der Waals surface area contributed by atoms with Gasteiger partial charge in [0.25, 0.3) is 0 Å². The molecular formula is C16H11ClFNO4S2. The van der Waals surface area contributed by atoms with Gasteiger partial charge < -0.3 is 4.42 Å². The number of nitrogens with one attached hydrogen (secondary N) is 1. The van der Waals surface area contributed by atoms with Crippen LogP contribution in [0, 0.1) is 5.82 Å². The molecule has 3 aromatic rings. The highest BCUT2D eigenvalue weighted by molar-refractivity contribution is 7.89. The lowest BCUT2D eigenvalue weighted by Crippen LogP contribution is -2.22. The standard InChI is InChI=1S/C16H11ClFNO4S2/c17-12-8-11(4-5-13(12)18)25(21,22)19-9-10-3-6-15(24-10)16(20)14-2-1-7-23-14/h1-8,19H,9H2. The number of halogens is 2. The van der Waals surface area contributed by atoms with Crippen molar-refractivity contribution in [2.24, 2.45) is 0 Å². The maximum absolute atomic E-state index is 13.1.